The number of amides is 3. The highest BCUT2D eigenvalue weighted by Gasteiger charge is 2.45. The van der Waals surface area contributed by atoms with Crippen molar-refractivity contribution in [3.05, 3.63) is 76.5 Å². The molecule has 1 aromatic heterocycles. The molecule has 0 saturated carbocycles. The number of para-hydroxylation sites is 1. The zero-order valence-corrected chi connectivity index (χ0v) is 15.7. The van der Waals surface area contributed by atoms with E-state index in [0.29, 0.717) is 27.6 Å². The van der Waals surface area contributed by atoms with Crippen molar-refractivity contribution in [1.29, 1.82) is 0 Å². The first-order chi connectivity index (χ1) is 13.6. The maximum absolute atomic E-state index is 13.1. The average molecular weight is 392 g/mol. The lowest BCUT2D eigenvalue weighted by molar-refractivity contribution is -0.117. The van der Waals surface area contributed by atoms with Gasteiger partial charge in [0.05, 0.1) is 17.7 Å². The first-order valence-corrected chi connectivity index (χ1v) is 9.44. The number of rotatable bonds is 4. The van der Waals surface area contributed by atoms with Crippen molar-refractivity contribution in [2.45, 2.75) is 5.92 Å². The number of thiophene rings is 1. The number of ether oxygens (including phenoxy) is 1. The SMILES string of the molecule is COc1ccc(NC(=O)N2C(=O)C(C(=O)c3cccs3)c3ccccc32)cc1. The van der Waals surface area contributed by atoms with Crippen LogP contribution in [-0.4, -0.2) is 24.8 Å². The Labute approximate surface area is 165 Å². The number of Topliss-reactive ketones (excluding diaryl/α,β-unsaturated/α-hetero) is 1. The predicted octanol–water partition coefficient (Wildman–Crippen LogP) is 4.30. The number of methoxy groups -OCH3 is 1. The van der Waals surface area contributed by atoms with E-state index in [1.54, 1.807) is 73.2 Å². The number of urea groups is 1. The number of nitrogens with one attached hydrogen (secondary N) is 1. The molecule has 3 aromatic rings. The van der Waals surface area contributed by atoms with E-state index < -0.39 is 17.9 Å². The molecule has 0 spiro atoms. The molecule has 0 fully saturated rings. The van der Waals surface area contributed by atoms with Gasteiger partial charge >= 0.3 is 6.03 Å². The highest BCUT2D eigenvalue weighted by Crippen LogP contribution is 2.40. The van der Waals surface area contributed by atoms with Crippen LogP contribution in [0.4, 0.5) is 16.2 Å². The second-order valence-corrected chi connectivity index (χ2v) is 7.11. The summed E-state index contributed by atoms with van der Waals surface area (Å²) in [4.78, 5) is 40.3. The molecule has 1 unspecified atom stereocenters. The molecule has 1 aliphatic rings. The third kappa shape index (κ3) is 3.05. The average Bonchev–Trinajstić information content (AvgIpc) is 3.34. The molecule has 2 aromatic carbocycles. The van der Waals surface area contributed by atoms with E-state index in [0.717, 1.165) is 4.90 Å². The second-order valence-electron chi connectivity index (χ2n) is 6.17. The van der Waals surface area contributed by atoms with Crippen molar-refractivity contribution in [3.8, 4) is 5.75 Å². The molecule has 28 heavy (non-hydrogen) atoms. The molecule has 4 rings (SSSR count). The van der Waals surface area contributed by atoms with Gasteiger partial charge in [-0.25, -0.2) is 9.69 Å². The summed E-state index contributed by atoms with van der Waals surface area (Å²) in [6.45, 7) is 0. The summed E-state index contributed by atoms with van der Waals surface area (Å²) in [5.41, 5.74) is 1.48. The van der Waals surface area contributed by atoms with Gasteiger partial charge in [0.25, 0.3) is 5.91 Å². The zero-order chi connectivity index (χ0) is 19.7. The molecule has 7 heteroatoms. The van der Waals surface area contributed by atoms with E-state index in [4.69, 9.17) is 4.74 Å². The lowest BCUT2D eigenvalue weighted by Gasteiger charge is -2.17. The van der Waals surface area contributed by atoms with Gasteiger partial charge in [0.2, 0.25) is 0 Å². The predicted molar refractivity (Wildman–Crippen MR) is 107 cm³/mol. The van der Waals surface area contributed by atoms with Crippen LogP contribution in [0, 0.1) is 0 Å². The molecule has 3 amide bonds. The zero-order valence-electron chi connectivity index (χ0n) is 14.9. The number of carbonyl (C=O) groups excluding carboxylic acids is 3. The first-order valence-electron chi connectivity index (χ1n) is 8.56. The second kappa shape index (κ2) is 7.28. The van der Waals surface area contributed by atoms with E-state index >= 15 is 0 Å². The largest absolute Gasteiger partial charge is 0.497 e. The molecule has 0 aliphatic carbocycles. The first kappa shape index (κ1) is 17.9. The van der Waals surface area contributed by atoms with Crippen LogP contribution >= 0.6 is 11.3 Å². The Balaban J connectivity index is 1.64. The quantitative estimate of drug-likeness (QED) is 0.530. The summed E-state index contributed by atoms with van der Waals surface area (Å²) in [6.07, 6.45) is 0. The molecule has 1 aliphatic heterocycles. The monoisotopic (exact) mass is 392 g/mol. The molecular formula is C21H16N2O4S. The van der Waals surface area contributed by atoms with Crippen LogP contribution in [-0.2, 0) is 4.79 Å². The molecule has 1 atom stereocenters. The summed E-state index contributed by atoms with van der Waals surface area (Å²) < 4.78 is 5.10. The molecule has 140 valence electrons. The number of nitrogens with zero attached hydrogens (tertiary/aromatic N) is 1. The van der Waals surface area contributed by atoms with Crippen molar-refractivity contribution in [3.63, 3.8) is 0 Å². The minimum Gasteiger partial charge on any atom is -0.497 e. The number of fused-ring (bicyclic) bond motifs is 1. The Morgan fingerprint density at radius 2 is 1.79 bits per heavy atom. The third-order valence-electron chi connectivity index (χ3n) is 4.53. The van der Waals surface area contributed by atoms with Gasteiger partial charge in [-0.05, 0) is 47.3 Å². The minimum absolute atomic E-state index is 0.299. The molecular weight excluding hydrogens is 376 g/mol. The Hall–Kier alpha value is -3.45. The van der Waals surface area contributed by atoms with Crippen LogP contribution in [0.2, 0.25) is 0 Å². The number of carbonyl (C=O) groups is 3. The van der Waals surface area contributed by atoms with Crippen molar-refractivity contribution in [2.24, 2.45) is 0 Å². The van der Waals surface area contributed by atoms with Crippen molar-refractivity contribution >= 4 is 40.4 Å². The summed E-state index contributed by atoms with van der Waals surface area (Å²) in [5.74, 6) is -1.21. The summed E-state index contributed by atoms with van der Waals surface area (Å²) in [6, 6.07) is 16.5. The van der Waals surface area contributed by atoms with Crippen LogP contribution in [0.1, 0.15) is 21.2 Å². The van der Waals surface area contributed by atoms with Crippen molar-refractivity contribution in [2.75, 3.05) is 17.3 Å². The van der Waals surface area contributed by atoms with Crippen LogP contribution in [0.3, 0.4) is 0 Å². The standard InChI is InChI=1S/C21H16N2O4S/c1-27-14-10-8-13(9-11-14)22-21(26)23-16-6-3-2-5-15(16)18(20(23)25)19(24)17-7-4-12-28-17/h2-12,18H,1H3,(H,22,26). The van der Waals surface area contributed by atoms with Gasteiger partial charge in [-0.1, -0.05) is 24.3 Å². The van der Waals surface area contributed by atoms with Gasteiger partial charge in [0.1, 0.15) is 11.7 Å². The van der Waals surface area contributed by atoms with Crippen LogP contribution in [0.25, 0.3) is 0 Å². The number of hydrogen-bond donors (Lipinski definition) is 1. The van der Waals surface area contributed by atoms with E-state index in [1.165, 1.54) is 11.3 Å². The number of ketones is 1. The fraction of sp³-hybridized carbons (Fsp3) is 0.0952. The summed E-state index contributed by atoms with van der Waals surface area (Å²) in [7, 11) is 1.55. The smallest absolute Gasteiger partial charge is 0.333 e. The van der Waals surface area contributed by atoms with Gasteiger partial charge in [-0.2, -0.15) is 0 Å². The van der Waals surface area contributed by atoms with E-state index in [9.17, 15) is 14.4 Å². The van der Waals surface area contributed by atoms with Crippen LogP contribution in [0.15, 0.2) is 66.0 Å². The third-order valence-corrected chi connectivity index (χ3v) is 5.41. The number of imide groups is 1. The van der Waals surface area contributed by atoms with Gasteiger partial charge < -0.3 is 10.1 Å². The van der Waals surface area contributed by atoms with E-state index in [1.807, 2.05) is 0 Å². The Bertz CT molecular complexity index is 1040. The molecule has 1 N–H and O–H groups in total. The lowest BCUT2D eigenvalue weighted by Crippen LogP contribution is -2.39. The summed E-state index contributed by atoms with van der Waals surface area (Å²) >= 11 is 1.28. The van der Waals surface area contributed by atoms with Crippen molar-refractivity contribution in [1.82, 2.24) is 0 Å². The fourth-order valence-electron chi connectivity index (χ4n) is 3.19. The normalized spacial score (nSPS) is 15.2. The van der Waals surface area contributed by atoms with Crippen LogP contribution in [0.5, 0.6) is 5.75 Å². The molecule has 2 heterocycles. The van der Waals surface area contributed by atoms with E-state index in [2.05, 4.69) is 5.32 Å². The molecule has 6 nitrogen and oxygen atoms in total. The molecule has 0 bridgehead atoms. The van der Waals surface area contributed by atoms with Gasteiger partial charge in [-0.15, -0.1) is 11.3 Å². The fourth-order valence-corrected chi connectivity index (χ4v) is 3.89. The number of anilines is 2. The molecule has 0 radical (unpaired) electrons. The highest BCUT2D eigenvalue weighted by molar-refractivity contribution is 7.12. The Kier molecular flexibility index (Phi) is 4.67. The maximum atomic E-state index is 13.1. The van der Waals surface area contributed by atoms with Gasteiger partial charge in [0.15, 0.2) is 5.78 Å². The number of benzene rings is 2. The summed E-state index contributed by atoms with van der Waals surface area (Å²) in [5, 5.41) is 4.49. The highest BCUT2D eigenvalue weighted by atomic mass is 32.1. The van der Waals surface area contributed by atoms with Gasteiger partial charge in [-0.3, -0.25) is 9.59 Å². The van der Waals surface area contributed by atoms with Gasteiger partial charge in [0, 0.05) is 5.69 Å². The number of hydrogen-bond acceptors (Lipinski definition) is 5. The minimum atomic E-state index is -1.02. The van der Waals surface area contributed by atoms with Crippen molar-refractivity contribution < 1.29 is 19.1 Å². The Morgan fingerprint density at radius 1 is 1.04 bits per heavy atom. The maximum Gasteiger partial charge on any atom is 0.333 e. The topological polar surface area (TPSA) is 75.7 Å². The lowest BCUT2D eigenvalue weighted by atomic mass is 9.95. The molecule has 0 saturated heterocycles. The Morgan fingerprint density at radius 3 is 2.46 bits per heavy atom. The van der Waals surface area contributed by atoms with Crippen LogP contribution < -0.4 is 15.0 Å². The van der Waals surface area contributed by atoms with E-state index in [-0.39, 0.29) is 5.78 Å².